The average Bonchev–Trinajstić information content (AvgIpc) is 2.38. The number of aliphatic hydroxyl groups is 1. The van der Waals surface area contributed by atoms with Crippen molar-refractivity contribution in [2.45, 2.75) is 13.5 Å². The van der Waals surface area contributed by atoms with Gasteiger partial charge in [0.05, 0.1) is 12.2 Å². The molecule has 18 heavy (non-hydrogen) atoms. The van der Waals surface area contributed by atoms with Crippen molar-refractivity contribution in [2.24, 2.45) is 0 Å². The lowest BCUT2D eigenvalue weighted by Crippen LogP contribution is -2.00. The summed E-state index contributed by atoms with van der Waals surface area (Å²) in [5, 5.41) is 18.3. The van der Waals surface area contributed by atoms with E-state index in [1.54, 1.807) is 24.3 Å². The molecule has 0 aliphatic rings. The van der Waals surface area contributed by atoms with E-state index in [-0.39, 0.29) is 12.2 Å². The van der Waals surface area contributed by atoms with Crippen molar-refractivity contribution in [3.05, 3.63) is 59.2 Å². The lowest BCUT2D eigenvalue weighted by Gasteiger charge is -2.08. The Kier molecular flexibility index (Phi) is 3.44. The van der Waals surface area contributed by atoms with Gasteiger partial charge in [0.15, 0.2) is 0 Å². The van der Waals surface area contributed by atoms with Crippen molar-refractivity contribution in [3.63, 3.8) is 0 Å². The molecule has 3 nitrogen and oxygen atoms in total. The summed E-state index contributed by atoms with van der Waals surface area (Å²) in [6, 6.07) is 12.6. The number of carboxylic acids is 1. The van der Waals surface area contributed by atoms with Crippen LogP contribution in [-0.2, 0) is 6.61 Å². The summed E-state index contributed by atoms with van der Waals surface area (Å²) in [5.74, 6) is -0.942. The van der Waals surface area contributed by atoms with Crippen LogP contribution in [0, 0.1) is 6.92 Å². The molecule has 0 unspecified atom stereocenters. The second kappa shape index (κ2) is 5.02. The van der Waals surface area contributed by atoms with Crippen LogP contribution < -0.4 is 0 Å². The second-order valence-corrected chi connectivity index (χ2v) is 4.21. The van der Waals surface area contributed by atoms with Gasteiger partial charge in [-0.25, -0.2) is 4.79 Å². The topological polar surface area (TPSA) is 57.5 Å². The Labute approximate surface area is 105 Å². The Morgan fingerprint density at radius 1 is 1.17 bits per heavy atom. The Bertz CT molecular complexity index is 588. The first kappa shape index (κ1) is 12.3. The highest BCUT2D eigenvalue weighted by Gasteiger charge is 2.11. The molecule has 0 atom stereocenters. The van der Waals surface area contributed by atoms with Gasteiger partial charge in [-0.05, 0) is 35.7 Å². The van der Waals surface area contributed by atoms with Gasteiger partial charge in [-0.2, -0.15) is 0 Å². The average molecular weight is 242 g/mol. The molecule has 2 aromatic carbocycles. The molecule has 0 aliphatic heterocycles. The number of aromatic carboxylic acids is 1. The third-order valence-corrected chi connectivity index (χ3v) is 2.83. The lowest BCUT2D eigenvalue weighted by atomic mass is 9.96. The standard InChI is InChI=1S/C15H14O3/c1-10-5-6-13(14(7-10)15(17)18)12-4-2-3-11(8-12)9-16/h2-8,16H,9H2,1H3,(H,17,18). The first-order chi connectivity index (χ1) is 8.61. The van der Waals surface area contributed by atoms with E-state index in [0.717, 1.165) is 16.7 Å². The monoisotopic (exact) mass is 242 g/mol. The first-order valence-electron chi connectivity index (χ1n) is 5.66. The number of aliphatic hydroxyl groups excluding tert-OH is 1. The van der Waals surface area contributed by atoms with E-state index < -0.39 is 5.97 Å². The number of carbonyl (C=O) groups is 1. The minimum absolute atomic E-state index is 0.0535. The quantitative estimate of drug-likeness (QED) is 0.870. The van der Waals surface area contributed by atoms with Crippen molar-refractivity contribution >= 4 is 5.97 Å². The molecule has 0 saturated carbocycles. The Balaban J connectivity index is 2.59. The summed E-state index contributed by atoms with van der Waals surface area (Å²) in [7, 11) is 0. The summed E-state index contributed by atoms with van der Waals surface area (Å²) in [6.45, 7) is 1.81. The van der Waals surface area contributed by atoms with E-state index in [1.807, 2.05) is 25.1 Å². The van der Waals surface area contributed by atoms with E-state index in [4.69, 9.17) is 5.11 Å². The van der Waals surface area contributed by atoms with Crippen LogP contribution in [0.5, 0.6) is 0 Å². The van der Waals surface area contributed by atoms with E-state index in [0.29, 0.717) is 5.56 Å². The number of carboxylic acid groups (broad SMARTS) is 1. The predicted molar refractivity (Wildman–Crippen MR) is 69.5 cm³/mol. The lowest BCUT2D eigenvalue weighted by molar-refractivity contribution is 0.0697. The smallest absolute Gasteiger partial charge is 0.336 e. The third-order valence-electron chi connectivity index (χ3n) is 2.83. The number of rotatable bonds is 3. The van der Waals surface area contributed by atoms with Gasteiger partial charge in [0, 0.05) is 0 Å². The van der Waals surface area contributed by atoms with Crippen LogP contribution in [0.4, 0.5) is 0 Å². The molecule has 0 amide bonds. The van der Waals surface area contributed by atoms with Crippen LogP contribution in [0.25, 0.3) is 11.1 Å². The van der Waals surface area contributed by atoms with Crippen molar-refractivity contribution in [2.75, 3.05) is 0 Å². The Morgan fingerprint density at radius 2 is 1.94 bits per heavy atom. The molecule has 0 radical (unpaired) electrons. The summed E-state index contributed by atoms with van der Waals surface area (Å²) in [4.78, 5) is 11.3. The molecule has 0 saturated heterocycles. The fourth-order valence-electron chi connectivity index (χ4n) is 1.92. The maximum Gasteiger partial charge on any atom is 0.336 e. The van der Waals surface area contributed by atoms with Crippen molar-refractivity contribution in [1.29, 1.82) is 0 Å². The van der Waals surface area contributed by atoms with Crippen molar-refractivity contribution < 1.29 is 15.0 Å². The van der Waals surface area contributed by atoms with Gasteiger partial charge in [0.2, 0.25) is 0 Å². The maximum absolute atomic E-state index is 11.3. The van der Waals surface area contributed by atoms with Crippen LogP contribution in [0.1, 0.15) is 21.5 Å². The number of hydrogen-bond acceptors (Lipinski definition) is 2. The molecular weight excluding hydrogens is 228 g/mol. The van der Waals surface area contributed by atoms with Crippen LogP contribution in [0.15, 0.2) is 42.5 Å². The van der Waals surface area contributed by atoms with Gasteiger partial charge in [0.1, 0.15) is 0 Å². The molecule has 0 aromatic heterocycles. The minimum Gasteiger partial charge on any atom is -0.478 e. The fourth-order valence-corrected chi connectivity index (χ4v) is 1.92. The molecule has 0 aliphatic carbocycles. The molecule has 92 valence electrons. The van der Waals surface area contributed by atoms with Gasteiger partial charge in [-0.1, -0.05) is 35.9 Å². The minimum atomic E-state index is -0.942. The molecule has 2 N–H and O–H groups in total. The number of aryl methyl sites for hydroxylation is 1. The molecule has 3 heteroatoms. The molecule has 2 aromatic rings. The summed E-state index contributed by atoms with van der Waals surface area (Å²) < 4.78 is 0. The van der Waals surface area contributed by atoms with E-state index >= 15 is 0 Å². The summed E-state index contributed by atoms with van der Waals surface area (Å²) >= 11 is 0. The normalized spacial score (nSPS) is 10.3. The van der Waals surface area contributed by atoms with Crippen molar-refractivity contribution in [1.82, 2.24) is 0 Å². The third kappa shape index (κ3) is 2.41. The zero-order valence-electron chi connectivity index (χ0n) is 10.1. The molecule has 0 spiro atoms. The van der Waals surface area contributed by atoms with E-state index in [1.165, 1.54) is 0 Å². The summed E-state index contributed by atoms with van der Waals surface area (Å²) in [5.41, 5.74) is 3.44. The van der Waals surface area contributed by atoms with Crippen LogP contribution in [0.2, 0.25) is 0 Å². The highest BCUT2D eigenvalue weighted by atomic mass is 16.4. The molecule has 0 fully saturated rings. The number of hydrogen-bond donors (Lipinski definition) is 2. The van der Waals surface area contributed by atoms with Crippen LogP contribution >= 0.6 is 0 Å². The second-order valence-electron chi connectivity index (χ2n) is 4.21. The van der Waals surface area contributed by atoms with Gasteiger partial charge in [0.25, 0.3) is 0 Å². The largest absolute Gasteiger partial charge is 0.478 e. The Hall–Kier alpha value is -2.13. The van der Waals surface area contributed by atoms with E-state index in [2.05, 4.69) is 0 Å². The van der Waals surface area contributed by atoms with E-state index in [9.17, 15) is 9.90 Å². The first-order valence-corrected chi connectivity index (χ1v) is 5.66. The van der Waals surface area contributed by atoms with Gasteiger partial charge in [-0.3, -0.25) is 0 Å². The molecule has 0 heterocycles. The fraction of sp³-hybridized carbons (Fsp3) is 0.133. The highest BCUT2D eigenvalue weighted by molar-refractivity contribution is 5.96. The highest BCUT2D eigenvalue weighted by Crippen LogP contribution is 2.25. The molecule has 2 rings (SSSR count). The molecular formula is C15H14O3. The SMILES string of the molecule is Cc1ccc(-c2cccc(CO)c2)c(C(=O)O)c1. The van der Waals surface area contributed by atoms with Gasteiger partial charge >= 0.3 is 5.97 Å². The van der Waals surface area contributed by atoms with Crippen molar-refractivity contribution in [3.8, 4) is 11.1 Å². The zero-order chi connectivity index (χ0) is 13.1. The molecule has 0 bridgehead atoms. The number of benzene rings is 2. The van der Waals surface area contributed by atoms with Crippen LogP contribution in [-0.4, -0.2) is 16.2 Å². The van der Waals surface area contributed by atoms with Gasteiger partial charge < -0.3 is 10.2 Å². The van der Waals surface area contributed by atoms with Gasteiger partial charge in [-0.15, -0.1) is 0 Å². The predicted octanol–water partition coefficient (Wildman–Crippen LogP) is 2.85. The van der Waals surface area contributed by atoms with Crippen LogP contribution in [0.3, 0.4) is 0 Å². The zero-order valence-corrected chi connectivity index (χ0v) is 10.1. The maximum atomic E-state index is 11.3. The Morgan fingerprint density at radius 3 is 2.61 bits per heavy atom. The summed E-state index contributed by atoms with van der Waals surface area (Å²) in [6.07, 6.45) is 0.